The smallest absolute Gasteiger partial charge is 0.333 e. The molecule has 0 aliphatic carbocycles. The van der Waals surface area contributed by atoms with Crippen LogP contribution in [-0.4, -0.2) is 35.2 Å². The lowest BCUT2D eigenvalue weighted by Crippen LogP contribution is -2.53. The fraction of sp³-hybridized carbons (Fsp3) is 0.900. The molecule has 2 amide bonds. The largest absolute Gasteiger partial charge is 0.406 e. The van der Waals surface area contributed by atoms with Gasteiger partial charge in [-0.3, -0.25) is 0 Å². The number of rotatable bonds is 2. The van der Waals surface area contributed by atoms with Gasteiger partial charge in [-0.05, 0) is 34.6 Å². The van der Waals surface area contributed by atoms with Crippen molar-refractivity contribution in [2.24, 2.45) is 0 Å². The number of nitrogens with one attached hydrogen (secondary N) is 1. The van der Waals surface area contributed by atoms with Crippen LogP contribution in [-0.2, 0) is 0 Å². The second-order valence-electron chi connectivity index (χ2n) is 5.02. The number of nitrogens with zero attached hydrogens (tertiary/aromatic N) is 1. The van der Waals surface area contributed by atoms with E-state index >= 15 is 0 Å². The summed E-state index contributed by atoms with van der Waals surface area (Å²) in [7, 11) is 0. The Balaban J connectivity index is 4.62. The number of alkyl halides is 3. The summed E-state index contributed by atoms with van der Waals surface area (Å²) in [6.45, 7) is 7.03. The molecule has 0 heterocycles. The van der Waals surface area contributed by atoms with E-state index in [1.807, 2.05) is 0 Å². The second-order valence-corrected chi connectivity index (χ2v) is 5.02. The molecule has 0 rings (SSSR count). The first-order valence-electron chi connectivity index (χ1n) is 5.08. The molecule has 0 spiro atoms. The predicted octanol–water partition coefficient (Wildman–Crippen LogP) is 2.77. The van der Waals surface area contributed by atoms with Gasteiger partial charge in [0.1, 0.15) is 6.54 Å². The summed E-state index contributed by atoms with van der Waals surface area (Å²) >= 11 is 0. The molecule has 0 unspecified atom stereocenters. The average molecular weight is 240 g/mol. The van der Waals surface area contributed by atoms with E-state index in [1.165, 1.54) is 0 Å². The molecule has 6 heteroatoms. The monoisotopic (exact) mass is 240 g/mol. The van der Waals surface area contributed by atoms with Crippen LogP contribution in [0.1, 0.15) is 34.6 Å². The molecular formula is C10H19F3N2O. The molecule has 0 aromatic heterocycles. The van der Waals surface area contributed by atoms with Gasteiger partial charge in [-0.2, -0.15) is 13.2 Å². The maximum atomic E-state index is 12.2. The molecular weight excluding hydrogens is 221 g/mol. The van der Waals surface area contributed by atoms with Crippen LogP contribution in [0.3, 0.4) is 0 Å². The highest BCUT2D eigenvalue weighted by atomic mass is 19.4. The Morgan fingerprint density at radius 2 is 1.69 bits per heavy atom. The summed E-state index contributed by atoms with van der Waals surface area (Å²) in [4.78, 5) is 12.4. The van der Waals surface area contributed by atoms with Crippen LogP contribution >= 0.6 is 0 Å². The SMILES string of the molecule is CC(C)N(CC(F)(F)F)C(=O)NC(C)(C)C. The third-order valence-corrected chi connectivity index (χ3v) is 1.72. The van der Waals surface area contributed by atoms with Crippen molar-refractivity contribution in [3.8, 4) is 0 Å². The van der Waals surface area contributed by atoms with E-state index in [9.17, 15) is 18.0 Å². The first-order chi connectivity index (χ1) is 6.92. The van der Waals surface area contributed by atoms with Gasteiger partial charge >= 0.3 is 12.2 Å². The van der Waals surface area contributed by atoms with Crippen molar-refractivity contribution < 1.29 is 18.0 Å². The van der Waals surface area contributed by atoms with E-state index in [2.05, 4.69) is 5.32 Å². The van der Waals surface area contributed by atoms with Crippen molar-refractivity contribution in [1.82, 2.24) is 10.2 Å². The highest BCUT2D eigenvalue weighted by molar-refractivity contribution is 5.75. The fourth-order valence-electron chi connectivity index (χ4n) is 1.07. The molecule has 0 aromatic rings. The van der Waals surface area contributed by atoms with Crippen molar-refractivity contribution in [3.63, 3.8) is 0 Å². The van der Waals surface area contributed by atoms with Crippen LogP contribution in [0.5, 0.6) is 0 Å². The molecule has 0 atom stereocenters. The Kier molecular flexibility index (Phi) is 4.64. The summed E-state index contributed by atoms with van der Waals surface area (Å²) in [5, 5.41) is 2.51. The average Bonchev–Trinajstić information content (AvgIpc) is 1.94. The third kappa shape index (κ3) is 6.53. The van der Waals surface area contributed by atoms with E-state index < -0.39 is 30.3 Å². The van der Waals surface area contributed by atoms with Crippen molar-refractivity contribution in [1.29, 1.82) is 0 Å². The highest BCUT2D eigenvalue weighted by Gasteiger charge is 2.35. The molecule has 96 valence electrons. The van der Waals surface area contributed by atoms with Gasteiger partial charge in [-0.1, -0.05) is 0 Å². The standard InChI is InChI=1S/C10H19F3N2O/c1-7(2)15(6-10(11,12)13)8(16)14-9(3,4)5/h7H,6H2,1-5H3,(H,14,16). The van der Waals surface area contributed by atoms with Gasteiger partial charge in [0.15, 0.2) is 0 Å². The molecule has 0 bridgehead atoms. The van der Waals surface area contributed by atoms with E-state index in [0.29, 0.717) is 0 Å². The number of amides is 2. The minimum absolute atomic E-state index is 0.496. The molecule has 1 N–H and O–H groups in total. The lowest BCUT2D eigenvalue weighted by atomic mass is 10.1. The molecule has 0 saturated carbocycles. The highest BCUT2D eigenvalue weighted by Crippen LogP contribution is 2.18. The molecule has 16 heavy (non-hydrogen) atoms. The molecule has 3 nitrogen and oxygen atoms in total. The summed E-state index contributed by atoms with van der Waals surface area (Å²) < 4.78 is 36.7. The van der Waals surface area contributed by atoms with Gasteiger partial charge in [0.2, 0.25) is 0 Å². The van der Waals surface area contributed by atoms with Crippen molar-refractivity contribution >= 4 is 6.03 Å². The molecule has 0 fully saturated rings. The predicted molar refractivity (Wildman–Crippen MR) is 56.2 cm³/mol. The van der Waals surface area contributed by atoms with Gasteiger partial charge in [0, 0.05) is 11.6 Å². The topological polar surface area (TPSA) is 32.3 Å². The van der Waals surface area contributed by atoms with E-state index in [1.54, 1.807) is 34.6 Å². The first-order valence-corrected chi connectivity index (χ1v) is 5.08. The van der Waals surface area contributed by atoms with Crippen molar-refractivity contribution in [2.45, 2.75) is 52.4 Å². The van der Waals surface area contributed by atoms with Crippen LogP contribution in [0.15, 0.2) is 0 Å². The van der Waals surface area contributed by atoms with Crippen LogP contribution < -0.4 is 5.32 Å². The van der Waals surface area contributed by atoms with Crippen LogP contribution in [0.2, 0.25) is 0 Å². The third-order valence-electron chi connectivity index (χ3n) is 1.72. The number of carbonyl (C=O) groups excluding carboxylic acids is 1. The zero-order valence-corrected chi connectivity index (χ0v) is 10.3. The first kappa shape index (κ1) is 15.1. The lowest BCUT2D eigenvalue weighted by molar-refractivity contribution is -0.143. The number of hydrogen-bond donors (Lipinski definition) is 1. The number of urea groups is 1. The number of carbonyl (C=O) groups is 1. The zero-order valence-electron chi connectivity index (χ0n) is 10.3. The van der Waals surface area contributed by atoms with E-state index in [0.717, 1.165) is 4.90 Å². The van der Waals surface area contributed by atoms with Gasteiger partial charge in [0.05, 0.1) is 0 Å². The van der Waals surface area contributed by atoms with E-state index in [4.69, 9.17) is 0 Å². The normalized spacial score (nSPS) is 12.8. The van der Waals surface area contributed by atoms with Crippen LogP contribution in [0.25, 0.3) is 0 Å². The summed E-state index contributed by atoms with van der Waals surface area (Å²) in [5.41, 5.74) is -0.546. The molecule has 0 aromatic carbocycles. The Bertz CT molecular complexity index is 243. The number of halogens is 3. The van der Waals surface area contributed by atoms with Gasteiger partial charge in [0.25, 0.3) is 0 Å². The Hall–Kier alpha value is -0.940. The Labute approximate surface area is 94.0 Å². The Morgan fingerprint density at radius 1 is 1.25 bits per heavy atom. The number of hydrogen-bond acceptors (Lipinski definition) is 1. The van der Waals surface area contributed by atoms with Gasteiger partial charge in [-0.25, -0.2) is 4.79 Å². The lowest BCUT2D eigenvalue weighted by Gasteiger charge is -2.31. The van der Waals surface area contributed by atoms with Crippen molar-refractivity contribution in [3.05, 3.63) is 0 Å². The summed E-state index contributed by atoms with van der Waals surface area (Å²) in [5.74, 6) is 0. The Morgan fingerprint density at radius 3 is 1.94 bits per heavy atom. The van der Waals surface area contributed by atoms with Crippen LogP contribution in [0, 0.1) is 0 Å². The molecule has 0 radical (unpaired) electrons. The summed E-state index contributed by atoms with van der Waals surface area (Å²) in [6.07, 6.45) is -4.38. The quantitative estimate of drug-likeness (QED) is 0.790. The minimum atomic E-state index is -4.38. The molecule has 0 aliphatic rings. The molecule has 0 aliphatic heterocycles. The minimum Gasteiger partial charge on any atom is -0.333 e. The van der Waals surface area contributed by atoms with Crippen LogP contribution in [0.4, 0.5) is 18.0 Å². The van der Waals surface area contributed by atoms with Gasteiger partial charge in [-0.15, -0.1) is 0 Å². The fourth-order valence-corrected chi connectivity index (χ4v) is 1.07. The van der Waals surface area contributed by atoms with Crippen molar-refractivity contribution in [2.75, 3.05) is 6.54 Å². The summed E-state index contributed by atoms with van der Waals surface area (Å²) in [6, 6.07) is -1.19. The molecule has 0 saturated heterocycles. The second kappa shape index (κ2) is 4.93. The maximum absolute atomic E-state index is 12.2. The van der Waals surface area contributed by atoms with Gasteiger partial charge < -0.3 is 10.2 Å². The maximum Gasteiger partial charge on any atom is 0.406 e. The zero-order chi connectivity index (χ0) is 13.1. The van der Waals surface area contributed by atoms with E-state index in [-0.39, 0.29) is 0 Å².